The van der Waals surface area contributed by atoms with Crippen LogP contribution in [0.1, 0.15) is 25.0 Å². The lowest BCUT2D eigenvalue weighted by Crippen LogP contribution is -2.22. The minimum Gasteiger partial charge on any atom is -0.489 e. The summed E-state index contributed by atoms with van der Waals surface area (Å²) < 4.78 is 8.12. The molecule has 0 aliphatic carbocycles. The van der Waals surface area contributed by atoms with Crippen LogP contribution in [-0.4, -0.2) is 6.04 Å². The Kier molecular flexibility index (Phi) is 6.27. The van der Waals surface area contributed by atoms with Gasteiger partial charge in [-0.25, -0.2) is 0 Å². The maximum absolute atomic E-state index is 5.97. The van der Waals surface area contributed by atoms with E-state index in [4.69, 9.17) is 4.74 Å². The second kappa shape index (κ2) is 7.97. The molecule has 2 nitrogen and oxygen atoms in total. The Morgan fingerprint density at radius 3 is 2.33 bits per heavy atom. The molecule has 0 unspecified atom stereocenters. The van der Waals surface area contributed by atoms with Gasteiger partial charge in [0.1, 0.15) is 12.4 Å². The number of ether oxygens (including phenoxy) is 1. The molecule has 2 aromatic rings. The molecule has 0 aliphatic heterocycles. The predicted octanol–water partition coefficient (Wildman–Crippen LogP) is 5.29. The molecule has 112 valence electrons. The lowest BCUT2D eigenvalue weighted by molar-refractivity contribution is 0.301. The second-order valence-electron chi connectivity index (χ2n) is 5.20. The molecule has 2 rings (SSSR count). The van der Waals surface area contributed by atoms with Crippen molar-refractivity contribution in [1.82, 2.24) is 5.32 Å². The molecule has 0 atom stereocenters. The van der Waals surface area contributed by atoms with Gasteiger partial charge < -0.3 is 10.1 Å². The van der Waals surface area contributed by atoms with Crippen molar-refractivity contribution >= 4 is 31.9 Å². The third-order valence-electron chi connectivity index (χ3n) is 3.03. The molecular formula is C17H19Br2NO. The number of hydrogen-bond donors (Lipinski definition) is 1. The van der Waals surface area contributed by atoms with E-state index in [0.29, 0.717) is 12.6 Å². The zero-order chi connectivity index (χ0) is 15.2. The number of benzene rings is 2. The third kappa shape index (κ3) is 5.46. The smallest absolute Gasteiger partial charge is 0.124 e. The van der Waals surface area contributed by atoms with Crippen LogP contribution in [0.25, 0.3) is 0 Å². The first kappa shape index (κ1) is 16.5. The molecule has 1 N–H and O–H groups in total. The number of nitrogens with one attached hydrogen (secondary N) is 1. The van der Waals surface area contributed by atoms with E-state index in [1.54, 1.807) is 0 Å². The van der Waals surface area contributed by atoms with E-state index in [0.717, 1.165) is 32.4 Å². The predicted molar refractivity (Wildman–Crippen MR) is 94.6 cm³/mol. The van der Waals surface area contributed by atoms with Crippen molar-refractivity contribution in [3.05, 3.63) is 62.5 Å². The van der Waals surface area contributed by atoms with E-state index < -0.39 is 0 Å². The van der Waals surface area contributed by atoms with Gasteiger partial charge in [-0.15, -0.1) is 0 Å². The summed E-state index contributed by atoms with van der Waals surface area (Å²) in [6, 6.07) is 14.8. The van der Waals surface area contributed by atoms with Crippen LogP contribution in [-0.2, 0) is 13.2 Å². The Bertz CT molecular complexity index is 582. The van der Waals surface area contributed by atoms with Crippen LogP contribution in [0, 0.1) is 0 Å². The Labute approximate surface area is 143 Å². The molecule has 0 radical (unpaired) electrons. The largest absolute Gasteiger partial charge is 0.489 e. The van der Waals surface area contributed by atoms with Crippen molar-refractivity contribution in [1.29, 1.82) is 0 Å². The van der Waals surface area contributed by atoms with Crippen LogP contribution >= 0.6 is 31.9 Å². The maximum Gasteiger partial charge on any atom is 0.124 e. The lowest BCUT2D eigenvalue weighted by Gasteiger charge is -2.14. The average Bonchev–Trinajstić information content (AvgIpc) is 2.45. The summed E-state index contributed by atoms with van der Waals surface area (Å²) in [4.78, 5) is 0. The van der Waals surface area contributed by atoms with E-state index in [2.05, 4.69) is 69.2 Å². The van der Waals surface area contributed by atoms with E-state index in [1.165, 1.54) is 0 Å². The SMILES string of the molecule is CC(C)NCc1cc(Br)ccc1OCc1ccc(Br)cc1. The van der Waals surface area contributed by atoms with Gasteiger partial charge in [0.05, 0.1) is 0 Å². The Morgan fingerprint density at radius 1 is 1.00 bits per heavy atom. The molecule has 0 saturated carbocycles. The van der Waals surface area contributed by atoms with E-state index in [-0.39, 0.29) is 0 Å². The normalized spacial score (nSPS) is 10.9. The van der Waals surface area contributed by atoms with Crippen molar-refractivity contribution in [3.8, 4) is 5.75 Å². The van der Waals surface area contributed by atoms with Crippen molar-refractivity contribution in [2.24, 2.45) is 0 Å². The summed E-state index contributed by atoms with van der Waals surface area (Å²) in [5.74, 6) is 0.925. The van der Waals surface area contributed by atoms with Crippen LogP contribution in [0.15, 0.2) is 51.4 Å². The second-order valence-corrected chi connectivity index (χ2v) is 7.03. The van der Waals surface area contributed by atoms with Crippen molar-refractivity contribution < 1.29 is 4.74 Å². The third-order valence-corrected chi connectivity index (χ3v) is 4.05. The fourth-order valence-electron chi connectivity index (χ4n) is 1.88. The zero-order valence-corrected chi connectivity index (χ0v) is 15.4. The van der Waals surface area contributed by atoms with Gasteiger partial charge >= 0.3 is 0 Å². The van der Waals surface area contributed by atoms with Gasteiger partial charge in [0.15, 0.2) is 0 Å². The molecule has 0 aromatic heterocycles. The summed E-state index contributed by atoms with van der Waals surface area (Å²) in [6.45, 7) is 5.65. The van der Waals surface area contributed by atoms with E-state index >= 15 is 0 Å². The number of rotatable bonds is 6. The highest BCUT2D eigenvalue weighted by Gasteiger charge is 2.06. The molecule has 0 saturated heterocycles. The first-order chi connectivity index (χ1) is 10.0. The molecule has 0 aliphatic rings. The first-order valence-electron chi connectivity index (χ1n) is 6.93. The van der Waals surface area contributed by atoms with Crippen LogP contribution in [0.5, 0.6) is 5.75 Å². The van der Waals surface area contributed by atoms with Gasteiger partial charge in [-0.05, 0) is 35.9 Å². The summed E-state index contributed by atoms with van der Waals surface area (Å²) in [5, 5.41) is 3.43. The molecule has 0 amide bonds. The minimum atomic E-state index is 0.448. The molecule has 21 heavy (non-hydrogen) atoms. The average molecular weight is 413 g/mol. The topological polar surface area (TPSA) is 21.3 Å². The zero-order valence-electron chi connectivity index (χ0n) is 12.2. The maximum atomic E-state index is 5.97. The number of halogens is 2. The van der Waals surface area contributed by atoms with Gasteiger partial charge in [-0.2, -0.15) is 0 Å². The molecule has 0 heterocycles. The Balaban J connectivity index is 2.06. The Hall–Kier alpha value is -0.840. The van der Waals surface area contributed by atoms with Crippen molar-refractivity contribution in [2.75, 3.05) is 0 Å². The quantitative estimate of drug-likeness (QED) is 0.695. The fraction of sp³-hybridized carbons (Fsp3) is 0.294. The fourth-order valence-corrected chi connectivity index (χ4v) is 2.56. The minimum absolute atomic E-state index is 0.448. The summed E-state index contributed by atoms with van der Waals surface area (Å²) in [6.07, 6.45) is 0. The van der Waals surface area contributed by atoms with Gasteiger partial charge in [-0.1, -0.05) is 57.8 Å². The molecule has 0 bridgehead atoms. The lowest BCUT2D eigenvalue weighted by atomic mass is 10.2. The first-order valence-corrected chi connectivity index (χ1v) is 8.52. The van der Waals surface area contributed by atoms with E-state index in [9.17, 15) is 0 Å². The molecule has 0 spiro atoms. The van der Waals surface area contributed by atoms with Crippen LogP contribution < -0.4 is 10.1 Å². The molecule has 4 heteroatoms. The molecule has 0 fully saturated rings. The van der Waals surface area contributed by atoms with Crippen LogP contribution in [0.4, 0.5) is 0 Å². The van der Waals surface area contributed by atoms with E-state index in [1.807, 2.05) is 24.3 Å². The number of hydrogen-bond acceptors (Lipinski definition) is 2. The van der Waals surface area contributed by atoms with Gasteiger partial charge in [0.25, 0.3) is 0 Å². The summed E-state index contributed by atoms with van der Waals surface area (Å²) >= 11 is 6.96. The highest BCUT2D eigenvalue weighted by Crippen LogP contribution is 2.24. The summed E-state index contributed by atoms with van der Waals surface area (Å²) in [7, 11) is 0. The van der Waals surface area contributed by atoms with Crippen molar-refractivity contribution in [3.63, 3.8) is 0 Å². The van der Waals surface area contributed by atoms with Gasteiger partial charge in [0, 0.05) is 27.1 Å². The monoisotopic (exact) mass is 411 g/mol. The van der Waals surface area contributed by atoms with Gasteiger partial charge in [0.2, 0.25) is 0 Å². The van der Waals surface area contributed by atoms with Crippen molar-refractivity contribution in [2.45, 2.75) is 33.0 Å². The van der Waals surface area contributed by atoms with Gasteiger partial charge in [-0.3, -0.25) is 0 Å². The molecule has 2 aromatic carbocycles. The highest BCUT2D eigenvalue weighted by atomic mass is 79.9. The van der Waals surface area contributed by atoms with Crippen LogP contribution in [0.2, 0.25) is 0 Å². The van der Waals surface area contributed by atoms with Crippen LogP contribution in [0.3, 0.4) is 0 Å². The molecular weight excluding hydrogens is 394 g/mol. The Morgan fingerprint density at radius 2 is 1.67 bits per heavy atom. The summed E-state index contributed by atoms with van der Waals surface area (Å²) in [5.41, 5.74) is 2.32. The standard InChI is InChI=1S/C17H19Br2NO/c1-12(2)20-10-14-9-16(19)7-8-17(14)21-11-13-3-5-15(18)6-4-13/h3-9,12,20H,10-11H2,1-2H3. The highest BCUT2D eigenvalue weighted by molar-refractivity contribution is 9.10.